The standard InChI is InChI=1S/C16H28N2OS/c1-12(2)17-10-16-9-14(13(3)20-16)11-19-15-5-7-18(4)8-6-15/h9,12,15,17H,5-8,10-11H2,1-4H3. The Morgan fingerprint density at radius 3 is 2.75 bits per heavy atom. The summed E-state index contributed by atoms with van der Waals surface area (Å²) in [7, 11) is 2.19. The maximum atomic E-state index is 6.10. The highest BCUT2D eigenvalue weighted by atomic mass is 32.1. The number of nitrogens with zero attached hydrogens (tertiary/aromatic N) is 1. The second kappa shape index (κ2) is 7.55. The molecule has 0 aromatic carbocycles. The molecule has 2 rings (SSSR count). The lowest BCUT2D eigenvalue weighted by Gasteiger charge is -2.28. The lowest BCUT2D eigenvalue weighted by molar-refractivity contribution is 0.00208. The van der Waals surface area contributed by atoms with Gasteiger partial charge in [0.25, 0.3) is 0 Å². The molecule has 1 saturated heterocycles. The van der Waals surface area contributed by atoms with Gasteiger partial charge in [-0.2, -0.15) is 0 Å². The van der Waals surface area contributed by atoms with Crippen LogP contribution in [0, 0.1) is 6.92 Å². The summed E-state index contributed by atoms with van der Waals surface area (Å²) in [6.45, 7) is 10.6. The maximum absolute atomic E-state index is 6.10. The predicted molar refractivity (Wildman–Crippen MR) is 86.3 cm³/mol. The van der Waals surface area contributed by atoms with E-state index in [1.165, 1.54) is 28.2 Å². The highest BCUT2D eigenvalue weighted by Crippen LogP contribution is 2.24. The first-order chi connectivity index (χ1) is 9.54. The fourth-order valence-corrected chi connectivity index (χ4v) is 3.48. The third-order valence-electron chi connectivity index (χ3n) is 3.90. The molecule has 1 aliphatic heterocycles. The molecular formula is C16H28N2OS. The Bertz CT molecular complexity index is 409. The molecule has 3 nitrogen and oxygen atoms in total. The van der Waals surface area contributed by atoms with E-state index >= 15 is 0 Å². The first-order valence-corrected chi connectivity index (χ1v) is 8.48. The van der Waals surface area contributed by atoms with Crippen LogP contribution in [0.5, 0.6) is 0 Å². The molecule has 20 heavy (non-hydrogen) atoms. The van der Waals surface area contributed by atoms with Gasteiger partial charge >= 0.3 is 0 Å². The maximum Gasteiger partial charge on any atom is 0.0731 e. The van der Waals surface area contributed by atoms with Crippen molar-refractivity contribution in [3.8, 4) is 0 Å². The summed E-state index contributed by atoms with van der Waals surface area (Å²) in [5.41, 5.74) is 1.37. The minimum atomic E-state index is 0.447. The van der Waals surface area contributed by atoms with Gasteiger partial charge in [-0.05, 0) is 38.4 Å². The van der Waals surface area contributed by atoms with Crippen LogP contribution in [0.2, 0.25) is 0 Å². The second-order valence-corrected chi connectivity index (χ2v) is 7.48. The van der Waals surface area contributed by atoms with Crippen LogP contribution in [0.1, 0.15) is 42.0 Å². The number of likely N-dealkylation sites (tertiary alicyclic amines) is 1. The second-order valence-electron chi connectivity index (χ2n) is 6.14. The average molecular weight is 296 g/mol. The number of piperidine rings is 1. The molecule has 0 atom stereocenters. The van der Waals surface area contributed by atoms with Gasteiger partial charge in [-0.3, -0.25) is 0 Å². The largest absolute Gasteiger partial charge is 0.373 e. The van der Waals surface area contributed by atoms with E-state index in [1.807, 2.05) is 11.3 Å². The molecule has 1 aromatic rings. The van der Waals surface area contributed by atoms with Gasteiger partial charge in [-0.25, -0.2) is 0 Å². The van der Waals surface area contributed by atoms with Crippen LogP contribution < -0.4 is 5.32 Å². The minimum absolute atomic E-state index is 0.447. The molecule has 0 aliphatic carbocycles. The Kier molecular flexibility index (Phi) is 6.02. The monoisotopic (exact) mass is 296 g/mol. The van der Waals surface area contributed by atoms with Gasteiger partial charge in [0.1, 0.15) is 0 Å². The number of nitrogens with one attached hydrogen (secondary N) is 1. The summed E-state index contributed by atoms with van der Waals surface area (Å²) < 4.78 is 6.10. The van der Waals surface area contributed by atoms with E-state index in [0.717, 1.165) is 26.2 Å². The molecule has 0 bridgehead atoms. The molecule has 1 fully saturated rings. The van der Waals surface area contributed by atoms with Crippen LogP contribution in [0.4, 0.5) is 0 Å². The number of ether oxygens (including phenoxy) is 1. The SMILES string of the molecule is Cc1sc(CNC(C)C)cc1COC1CCN(C)CC1. The first-order valence-electron chi connectivity index (χ1n) is 7.66. The zero-order valence-corrected chi connectivity index (χ0v) is 14.1. The summed E-state index contributed by atoms with van der Waals surface area (Å²) in [6, 6.07) is 2.85. The van der Waals surface area contributed by atoms with Crippen molar-refractivity contribution in [1.29, 1.82) is 0 Å². The van der Waals surface area contributed by atoms with Gasteiger partial charge in [0, 0.05) is 35.4 Å². The van der Waals surface area contributed by atoms with Gasteiger partial charge in [-0.15, -0.1) is 11.3 Å². The Hall–Kier alpha value is -0.420. The number of aryl methyl sites for hydroxylation is 1. The van der Waals surface area contributed by atoms with Crippen LogP contribution in [-0.4, -0.2) is 37.2 Å². The quantitative estimate of drug-likeness (QED) is 0.872. The van der Waals surface area contributed by atoms with Crippen LogP contribution in [0.3, 0.4) is 0 Å². The van der Waals surface area contributed by atoms with Crippen LogP contribution >= 0.6 is 11.3 Å². The van der Waals surface area contributed by atoms with Crippen molar-refractivity contribution in [3.63, 3.8) is 0 Å². The zero-order chi connectivity index (χ0) is 14.5. The van der Waals surface area contributed by atoms with Crippen molar-refractivity contribution in [2.45, 2.75) is 58.9 Å². The van der Waals surface area contributed by atoms with Crippen molar-refractivity contribution in [2.24, 2.45) is 0 Å². The lowest BCUT2D eigenvalue weighted by Crippen LogP contribution is -2.34. The highest BCUT2D eigenvalue weighted by Gasteiger charge is 2.17. The zero-order valence-electron chi connectivity index (χ0n) is 13.2. The molecule has 1 aromatic heterocycles. The number of thiophene rings is 1. The van der Waals surface area contributed by atoms with E-state index in [1.54, 1.807) is 0 Å². The third kappa shape index (κ3) is 4.85. The molecule has 0 saturated carbocycles. The smallest absolute Gasteiger partial charge is 0.0731 e. The van der Waals surface area contributed by atoms with E-state index < -0.39 is 0 Å². The lowest BCUT2D eigenvalue weighted by atomic mass is 10.1. The van der Waals surface area contributed by atoms with Gasteiger partial charge < -0.3 is 15.0 Å². The van der Waals surface area contributed by atoms with E-state index in [-0.39, 0.29) is 0 Å². The Balaban J connectivity index is 1.80. The highest BCUT2D eigenvalue weighted by molar-refractivity contribution is 7.12. The molecule has 4 heteroatoms. The van der Waals surface area contributed by atoms with E-state index in [4.69, 9.17) is 4.74 Å². The van der Waals surface area contributed by atoms with Crippen molar-refractivity contribution in [1.82, 2.24) is 10.2 Å². The van der Waals surface area contributed by atoms with Crippen molar-refractivity contribution < 1.29 is 4.74 Å². The molecule has 0 radical (unpaired) electrons. The van der Waals surface area contributed by atoms with Gasteiger partial charge in [0.05, 0.1) is 12.7 Å². The summed E-state index contributed by atoms with van der Waals surface area (Å²) in [6.07, 6.45) is 2.78. The number of hydrogen-bond donors (Lipinski definition) is 1. The van der Waals surface area contributed by atoms with Crippen LogP contribution in [-0.2, 0) is 17.9 Å². The van der Waals surface area contributed by atoms with Crippen LogP contribution in [0.25, 0.3) is 0 Å². The fourth-order valence-electron chi connectivity index (χ4n) is 2.48. The molecule has 0 unspecified atom stereocenters. The van der Waals surface area contributed by atoms with Gasteiger partial charge in [-0.1, -0.05) is 13.8 Å². The Labute approximate surface area is 127 Å². The third-order valence-corrected chi connectivity index (χ3v) is 4.99. The molecule has 114 valence electrons. The average Bonchev–Trinajstić information content (AvgIpc) is 2.76. The van der Waals surface area contributed by atoms with Crippen molar-refractivity contribution in [3.05, 3.63) is 21.4 Å². The fraction of sp³-hybridized carbons (Fsp3) is 0.750. The van der Waals surface area contributed by atoms with E-state index in [2.05, 4.69) is 44.1 Å². The molecular weight excluding hydrogens is 268 g/mol. The predicted octanol–water partition coefficient (Wildman–Crippen LogP) is 3.17. The molecule has 1 aliphatic rings. The first kappa shape index (κ1) is 16.0. The van der Waals surface area contributed by atoms with Crippen molar-refractivity contribution in [2.75, 3.05) is 20.1 Å². The molecule has 0 spiro atoms. The minimum Gasteiger partial charge on any atom is -0.373 e. The normalized spacial score (nSPS) is 18.1. The van der Waals surface area contributed by atoms with E-state index in [9.17, 15) is 0 Å². The summed E-state index contributed by atoms with van der Waals surface area (Å²) in [5, 5.41) is 3.48. The molecule has 2 heterocycles. The Morgan fingerprint density at radius 1 is 1.40 bits per heavy atom. The number of rotatable bonds is 6. The summed E-state index contributed by atoms with van der Waals surface area (Å²) in [4.78, 5) is 5.20. The van der Waals surface area contributed by atoms with E-state index in [0.29, 0.717) is 12.1 Å². The topological polar surface area (TPSA) is 24.5 Å². The Morgan fingerprint density at radius 2 is 2.10 bits per heavy atom. The summed E-state index contributed by atoms with van der Waals surface area (Å²) in [5.74, 6) is 0. The molecule has 0 amide bonds. The number of hydrogen-bond acceptors (Lipinski definition) is 4. The molecule has 1 N–H and O–H groups in total. The van der Waals surface area contributed by atoms with Crippen LogP contribution in [0.15, 0.2) is 6.07 Å². The van der Waals surface area contributed by atoms with Gasteiger partial charge in [0.2, 0.25) is 0 Å². The van der Waals surface area contributed by atoms with Gasteiger partial charge in [0.15, 0.2) is 0 Å². The summed E-state index contributed by atoms with van der Waals surface area (Å²) >= 11 is 1.89. The van der Waals surface area contributed by atoms with Crippen molar-refractivity contribution >= 4 is 11.3 Å².